The van der Waals surface area contributed by atoms with Crippen molar-refractivity contribution in [3.8, 4) is 5.75 Å². The molecular formula is C22H27N3O5S. The van der Waals surface area contributed by atoms with Gasteiger partial charge < -0.3 is 15.4 Å². The maximum absolute atomic E-state index is 13.1. The Morgan fingerprint density at radius 2 is 1.81 bits per heavy atom. The molecule has 31 heavy (non-hydrogen) atoms. The van der Waals surface area contributed by atoms with Crippen LogP contribution in [0.3, 0.4) is 0 Å². The highest BCUT2D eigenvalue weighted by molar-refractivity contribution is 7.92. The van der Waals surface area contributed by atoms with Crippen molar-refractivity contribution >= 4 is 33.2 Å². The SMILES string of the molecule is C=CCNC(=O)c1ccccc1NC(=O)C(CC)N(c1ccc(OC)cc1)S(C)(=O)=O. The van der Waals surface area contributed by atoms with Gasteiger partial charge in [-0.15, -0.1) is 6.58 Å². The van der Waals surface area contributed by atoms with E-state index in [4.69, 9.17) is 4.74 Å². The van der Waals surface area contributed by atoms with E-state index in [0.717, 1.165) is 10.6 Å². The molecule has 0 bridgehead atoms. The predicted octanol–water partition coefficient (Wildman–Crippen LogP) is 2.79. The van der Waals surface area contributed by atoms with E-state index in [-0.39, 0.29) is 30.1 Å². The standard InChI is InChI=1S/C22H27N3O5S/c1-5-15-23-21(26)18-9-7-8-10-19(18)24-22(27)20(6-2)25(31(4,28)29)16-11-13-17(30-3)14-12-16/h5,7-14,20H,1,6,15H2,2-4H3,(H,23,26)(H,24,27). The fourth-order valence-electron chi connectivity index (χ4n) is 3.06. The molecular weight excluding hydrogens is 418 g/mol. The number of rotatable bonds is 10. The van der Waals surface area contributed by atoms with Crippen LogP contribution in [0.5, 0.6) is 5.75 Å². The van der Waals surface area contributed by atoms with E-state index < -0.39 is 22.0 Å². The fourth-order valence-corrected chi connectivity index (χ4v) is 4.27. The Hall–Kier alpha value is -3.33. The number of hydrogen-bond acceptors (Lipinski definition) is 5. The second-order valence-electron chi connectivity index (χ2n) is 6.71. The average Bonchev–Trinajstić information content (AvgIpc) is 2.75. The molecule has 166 valence electrons. The molecule has 2 N–H and O–H groups in total. The Morgan fingerprint density at radius 1 is 1.16 bits per heavy atom. The normalized spacial score (nSPS) is 11.8. The smallest absolute Gasteiger partial charge is 0.253 e. The number of carbonyl (C=O) groups excluding carboxylic acids is 2. The minimum atomic E-state index is -3.78. The zero-order valence-corrected chi connectivity index (χ0v) is 18.6. The number of ether oxygens (including phenoxy) is 1. The molecule has 0 radical (unpaired) electrons. The van der Waals surface area contributed by atoms with Crippen molar-refractivity contribution in [1.82, 2.24) is 5.32 Å². The molecule has 1 atom stereocenters. The van der Waals surface area contributed by atoms with Crippen LogP contribution in [0.15, 0.2) is 61.2 Å². The Bertz CT molecular complexity index is 1040. The molecule has 0 fully saturated rings. The van der Waals surface area contributed by atoms with E-state index in [1.165, 1.54) is 7.11 Å². The monoisotopic (exact) mass is 445 g/mol. The molecule has 0 spiro atoms. The lowest BCUT2D eigenvalue weighted by molar-refractivity contribution is -0.117. The Kier molecular flexibility index (Phi) is 8.21. The van der Waals surface area contributed by atoms with Crippen LogP contribution in [-0.2, 0) is 14.8 Å². The van der Waals surface area contributed by atoms with Crippen molar-refractivity contribution in [3.63, 3.8) is 0 Å². The molecule has 0 aliphatic carbocycles. The molecule has 0 saturated heterocycles. The summed E-state index contributed by atoms with van der Waals surface area (Å²) in [5, 5.41) is 5.37. The van der Waals surface area contributed by atoms with Gasteiger partial charge in [-0.25, -0.2) is 8.42 Å². The summed E-state index contributed by atoms with van der Waals surface area (Å²) in [5.74, 6) is -0.360. The average molecular weight is 446 g/mol. The summed E-state index contributed by atoms with van der Waals surface area (Å²) in [4.78, 5) is 25.5. The Morgan fingerprint density at radius 3 is 2.35 bits per heavy atom. The zero-order chi connectivity index (χ0) is 23.0. The number of amides is 2. The van der Waals surface area contributed by atoms with Crippen LogP contribution in [0.1, 0.15) is 23.7 Å². The molecule has 0 aromatic heterocycles. The van der Waals surface area contributed by atoms with Crippen molar-refractivity contribution in [2.24, 2.45) is 0 Å². The van der Waals surface area contributed by atoms with Crippen molar-refractivity contribution in [2.75, 3.05) is 29.5 Å². The number of anilines is 2. The maximum atomic E-state index is 13.1. The third-order valence-corrected chi connectivity index (χ3v) is 5.67. The molecule has 2 aromatic rings. The number of nitrogens with one attached hydrogen (secondary N) is 2. The third-order valence-electron chi connectivity index (χ3n) is 4.49. The van der Waals surface area contributed by atoms with E-state index >= 15 is 0 Å². The minimum absolute atomic E-state index is 0.218. The van der Waals surface area contributed by atoms with E-state index in [2.05, 4.69) is 17.2 Å². The van der Waals surface area contributed by atoms with Gasteiger partial charge in [0.25, 0.3) is 5.91 Å². The Labute approximate surface area is 183 Å². The van der Waals surface area contributed by atoms with Gasteiger partial charge >= 0.3 is 0 Å². The van der Waals surface area contributed by atoms with Gasteiger partial charge in [0.1, 0.15) is 11.8 Å². The fraction of sp³-hybridized carbons (Fsp3) is 0.273. The number of nitrogens with zero attached hydrogens (tertiary/aromatic N) is 1. The lowest BCUT2D eigenvalue weighted by atomic mass is 10.1. The van der Waals surface area contributed by atoms with Gasteiger partial charge in [-0.05, 0) is 42.8 Å². The molecule has 0 aliphatic heterocycles. The largest absolute Gasteiger partial charge is 0.497 e. The lowest BCUT2D eigenvalue weighted by Crippen LogP contribution is -2.47. The van der Waals surface area contributed by atoms with Crippen molar-refractivity contribution < 1.29 is 22.7 Å². The minimum Gasteiger partial charge on any atom is -0.497 e. The molecule has 2 aromatic carbocycles. The molecule has 9 heteroatoms. The van der Waals surface area contributed by atoms with Crippen molar-refractivity contribution in [3.05, 3.63) is 66.7 Å². The predicted molar refractivity (Wildman–Crippen MR) is 122 cm³/mol. The lowest BCUT2D eigenvalue weighted by Gasteiger charge is -2.30. The van der Waals surface area contributed by atoms with Crippen LogP contribution < -0.4 is 19.7 Å². The van der Waals surface area contributed by atoms with Gasteiger partial charge in [-0.1, -0.05) is 25.1 Å². The molecule has 1 unspecified atom stereocenters. The summed E-state index contributed by atoms with van der Waals surface area (Å²) in [6.07, 6.45) is 2.81. The first-order chi connectivity index (χ1) is 14.7. The zero-order valence-electron chi connectivity index (χ0n) is 17.8. The second kappa shape index (κ2) is 10.6. The highest BCUT2D eigenvalue weighted by Crippen LogP contribution is 2.26. The van der Waals surface area contributed by atoms with Gasteiger partial charge in [-0.2, -0.15) is 0 Å². The summed E-state index contributed by atoms with van der Waals surface area (Å²) in [7, 11) is -2.28. The maximum Gasteiger partial charge on any atom is 0.253 e. The van der Waals surface area contributed by atoms with Crippen molar-refractivity contribution in [2.45, 2.75) is 19.4 Å². The van der Waals surface area contributed by atoms with E-state index in [9.17, 15) is 18.0 Å². The molecule has 0 saturated carbocycles. The van der Waals surface area contributed by atoms with Crippen LogP contribution in [0.25, 0.3) is 0 Å². The van der Waals surface area contributed by atoms with Crippen LogP contribution in [0, 0.1) is 0 Å². The van der Waals surface area contributed by atoms with Gasteiger partial charge in [-0.3, -0.25) is 13.9 Å². The molecule has 2 rings (SSSR count). The summed E-state index contributed by atoms with van der Waals surface area (Å²) in [6.45, 7) is 5.55. The third kappa shape index (κ3) is 6.08. The number of methoxy groups -OCH3 is 1. The van der Waals surface area contributed by atoms with Crippen LogP contribution in [0.2, 0.25) is 0 Å². The number of sulfonamides is 1. The summed E-state index contributed by atoms with van der Waals surface area (Å²) in [6, 6.07) is 11.9. The first-order valence-corrected chi connectivity index (χ1v) is 11.5. The highest BCUT2D eigenvalue weighted by atomic mass is 32.2. The van der Waals surface area contributed by atoms with Crippen molar-refractivity contribution in [1.29, 1.82) is 0 Å². The number of carbonyl (C=O) groups is 2. The van der Waals surface area contributed by atoms with E-state index in [1.54, 1.807) is 61.5 Å². The van der Waals surface area contributed by atoms with E-state index in [1.807, 2.05) is 0 Å². The first-order valence-electron chi connectivity index (χ1n) is 9.65. The van der Waals surface area contributed by atoms with Gasteiger partial charge in [0.05, 0.1) is 30.3 Å². The van der Waals surface area contributed by atoms with Crippen LogP contribution >= 0.6 is 0 Å². The topological polar surface area (TPSA) is 105 Å². The molecule has 8 nitrogen and oxygen atoms in total. The summed E-state index contributed by atoms with van der Waals surface area (Å²) >= 11 is 0. The Balaban J connectivity index is 2.37. The summed E-state index contributed by atoms with van der Waals surface area (Å²) in [5.41, 5.74) is 0.890. The van der Waals surface area contributed by atoms with Crippen LogP contribution in [-0.4, -0.2) is 46.2 Å². The first kappa shape index (κ1) is 23.9. The molecule has 0 heterocycles. The summed E-state index contributed by atoms with van der Waals surface area (Å²) < 4.78 is 31.3. The van der Waals surface area contributed by atoms with Gasteiger partial charge in [0.15, 0.2) is 0 Å². The number of benzene rings is 2. The highest BCUT2D eigenvalue weighted by Gasteiger charge is 2.32. The van der Waals surface area contributed by atoms with E-state index in [0.29, 0.717) is 11.4 Å². The molecule has 2 amide bonds. The molecule has 0 aliphatic rings. The van der Waals surface area contributed by atoms with Crippen LogP contribution in [0.4, 0.5) is 11.4 Å². The van der Waals surface area contributed by atoms with Gasteiger partial charge in [0, 0.05) is 6.54 Å². The number of para-hydroxylation sites is 1. The van der Waals surface area contributed by atoms with Gasteiger partial charge in [0.2, 0.25) is 15.9 Å². The number of hydrogen-bond donors (Lipinski definition) is 2. The second-order valence-corrected chi connectivity index (χ2v) is 8.57. The quantitative estimate of drug-likeness (QED) is 0.547.